The van der Waals surface area contributed by atoms with Crippen LogP contribution in [0.25, 0.3) is 5.69 Å². The summed E-state index contributed by atoms with van der Waals surface area (Å²) in [6.07, 6.45) is 1.69. The Morgan fingerprint density at radius 3 is 2.40 bits per heavy atom. The minimum Gasteiger partial charge on any atom is -0.452 e. The van der Waals surface area contributed by atoms with E-state index >= 15 is 0 Å². The second-order valence-electron chi connectivity index (χ2n) is 5.68. The van der Waals surface area contributed by atoms with Crippen molar-refractivity contribution in [3.8, 4) is 5.69 Å². The Morgan fingerprint density at radius 2 is 1.84 bits per heavy atom. The van der Waals surface area contributed by atoms with Crippen molar-refractivity contribution in [2.24, 2.45) is 0 Å². The van der Waals surface area contributed by atoms with Crippen molar-refractivity contribution < 1.29 is 19.1 Å². The van der Waals surface area contributed by atoms with E-state index in [9.17, 15) is 14.4 Å². The van der Waals surface area contributed by atoms with Gasteiger partial charge >= 0.3 is 12.0 Å². The normalized spacial score (nSPS) is 10.4. The van der Waals surface area contributed by atoms with Gasteiger partial charge in [0.15, 0.2) is 6.61 Å². The molecule has 8 heteroatoms. The van der Waals surface area contributed by atoms with Crippen LogP contribution in [0.3, 0.4) is 0 Å². The number of carbonyl (C=O) groups is 3. The lowest BCUT2D eigenvalue weighted by Crippen LogP contribution is -2.44. The number of nitrogens with one attached hydrogen (secondary N) is 2. The third-order valence-electron chi connectivity index (χ3n) is 3.19. The first-order chi connectivity index (χ1) is 11.9. The van der Waals surface area contributed by atoms with Crippen molar-refractivity contribution in [1.82, 2.24) is 20.4 Å². The van der Waals surface area contributed by atoms with Crippen molar-refractivity contribution in [3.05, 3.63) is 47.8 Å². The summed E-state index contributed by atoms with van der Waals surface area (Å²) in [4.78, 5) is 34.9. The van der Waals surface area contributed by atoms with E-state index in [2.05, 4.69) is 15.7 Å². The Labute approximate surface area is 145 Å². The average Bonchev–Trinajstić information content (AvgIpc) is 2.98. The number of nitrogens with zero attached hydrogens (tertiary/aromatic N) is 2. The molecule has 0 spiro atoms. The van der Waals surface area contributed by atoms with Crippen LogP contribution in [0.4, 0.5) is 4.79 Å². The number of rotatable bonds is 5. The average molecular weight is 344 g/mol. The van der Waals surface area contributed by atoms with Crippen LogP contribution in [0.5, 0.6) is 0 Å². The lowest BCUT2D eigenvalue weighted by molar-refractivity contribution is -0.123. The zero-order valence-corrected chi connectivity index (χ0v) is 14.3. The van der Waals surface area contributed by atoms with E-state index in [1.807, 2.05) is 13.0 Å². The Bertz CT molecular complexity index is 765. The maximum atomic E-state index is 12.0. The molecule has 1 heterocycles. The highest BCUT2D eigenvalue weighted by Crippen LogP contribution is 2.12. The SMILES string of the molecule is Cc1ccnn1-c1ccc(C(=O)OCC(=O)NC(=O)NC(C)C)cc1. The number of aryl methyl sites for hydroxylation is 1. The maximum Gasteiger partial charge on any atom is 0.338 e. The van der Waals surface area contributed by atoms with Crippen LogP contribution in [0, 0.1) is 6.92 Å². The molecule has 0 bridgehead atoms. The number of hydrogen-bond donors (Lipinski definition) is 2. The molecule has 8 nitrogen and oxygen atoms in total. The molecule has 2 rings (SSSR count). The number of benzene rings is 1. The molecule has 25 heavy (non-hydrogen) atoms. The molecule has 1 aromatic heterocycles. The minimum atomic E-state index is -0.699. The van der Waals surface area contributed by atoms with Gasteiger partial charge in [0.25, 0.3) is 5.91 Å². The summed E-state index contributed by atoms with van der Waals surface area (Å²) >= 11 is 0. The lowest BCUT2D eigenvalue weighted by atomic mass is 10.2. The van der Waals surface area contributed by atoms with Crippen LogP contribution in [-0.2, 0) is 9.53 Å². The molecule has 132 valence electrons. The van der Waals surface area contributed by atoms with Gasteiger partial charge in [0.2, 0.25) is 0 Å². The molecule has 2 aromatic rings. The minimum absolute atomic E-state index is 0.104. The van der Waals surface area contributed by atoms with Crippen molar-refractivity contribution in [2.75, 3.05) is 6.61 Å². The van der Waals surface area contributed by atoms with E-state index in [0.717, 1.165) is 11.4 Å². The Hall–Kier alpha value is -3.16. The molecule has 0 aliphatic heterocycles. The number of carbonyl (C=O) groups excluding carboxylic acids is 3. The van der Waals surface area contributed by atoms with Crippen LogP contribution in [0.1, 0.15) is 29.9 Å². The molecule has 0 atom stereocenters. The summed E-state index contributed by atoms with van der Waals surface area (Å²) in [7, 11) is 0. The van der Waals surface area contributed by atoms with Crippen LogP contribution < -0.4 is 10.6 Å². The van der Waals surface area contributed by atoms with Crippen molar-refractivity contribution in [3.63, 3.8) is 0 Å². The van der Waals surface area contributed by atoms with E-state index < -0.39 is 24.5 Å². The molecule has 2 N–H and O–H groups in total. The van der Waals surface area contributed by atoms with Gasteiger partial charge in [-0.1, -0.05) is 0 Å². The van der Waals surface area contributed by atoms with Gasteiger partial charge in [-0.25, -0.2) is 14.3 Å². The number of ether oxygens (including phenoxy) is 1. The molecule has 0 aliphatic rings. The Morgan fingerprint density at radius 1 is 1.16 bits per heavy atom. The van der Waals surface area contributed by atoms with Gasteiger partial charge in [-0.3, -0.25) is 10.1 Å². The monoisotopic (exact) mass is 344 g/mol. The van der Waals surface area contributed by atoms with E-state index in [0.29, 0.717) is 5.56 Å². The molecule has 0 saturated carbocycles. The molecular weight excluding hydrogens is 324 g/mol. The first-order valence-electron chi connectivity index (χ1n) is 7.75. The number of hydrogen-bond acceptors (Lipinski definition) is 5. The molecule has 3 amide bonds. The fourth-order valence-corrected chi connectivity index (χ4v) is 2.05. The number of esters is 1. The van der Waals surface area contributed by atoms with Gasteiger partial charge < -0.3 is 10.1 Å². The summed E-state index contributed by atoms with van der Waals surface area (Å²) in [5.41, 5.74) is 2.07. The molecule has 0 radical (unpaired) electrons. The largest absolute Gasteiger partial charge is 0.452 e. The van der Waals surface area contributed by atoms with Gasteiger partial charge in [-0.05, 0) is 51.1 Å². The highest BCUT2D eigenvalue weighted by molar-refractivity contribution is 5.97. The first kappa shape index (κ1) is 18.2. The van der Waals surface area contributed by atoms with Crippen LogP contribution >= 0.6 is 0 Å². The van der Waals surface area contributed by atoms with E-state index in [-0.39, 0.29) is 6.04 Å². The van der Waals surface area contributed by atoms with Crippen molar-refractivity contribution >= 4 is 17.9 Å². The Balaban J connectivity index is 1.88. The summed E-state index contributed by atoms with van der Waals surface area (Å²) < 4.78 is 6.63. The summed E-state index contributed by atoms with van der Waals surface area (Å²) in [6.45, 7) is 4.91. The van der Waals surface area contributed by atoms with E-state index in [4.69, 9.17) is 4.74 Å². The fourth-order valence-electron chi connectivity index (χ4n) is 2.05. The third kappa shape index (κ3) is 5.17. The molecular formula is C17H20N4O4. The van der Waals surface area contributed by atoms with Crippen LogP contribution in [0.2, 0.25) is 0 Å². The molecule has 0 aliphatic carbocycles. The zero-order chi connectivity index (χ0) is 18.4. The summed E-state index contributed by atoms with van der Waals surface area (Å²) in [5.74, 6) is -1.35. The number of aromatic nitrogens is 2. The zero-order valence-electron chi connectivity index (χ0n) is 14.3. The Kier molecular flexibility index (Phi) is 5.89. The second kappa shape index (κ2) is 8.09. The predicted molar refractivity (Wildman–Crippen MR) is 90.4 cm³/mol. The van der Waals surface area contributed by atoms with Crippen molar-refractivity contribution in [2.45, 2.75) is 26.8 Å². The van der Waals surface area contributed by atoms with Gasteiger partial charge in [0.1, 0.15) is 0 Å². The van der Waals surface area contributed by atoms with E-state index in [1.54, 1.807) is 49.0 Å². The number of urea groups is 1. The second-order valence-corrected chi connectivity index (χ2v) is 5.68. The summed E-state index contributed by atoms with van der Waals surface area (Å²) in [6, 6.07) is 7.77. The van der Waals surface area contributed by atoms with Crippen molar-refractivity contribution in [1.29, 1.82) is 0 Å². The van der Waals surface area contributed by atoms with Crippen LogP contribution in [-0.4, -0.2) is 40.3 Å². The van der Waals surface area contributed by atoms with Gasteiger partial charge in [-0.2, -0.15) is 5.10 Å². The predicted octanol–water partition coefficient (Wildman–Crippen LogP) is 1.57. The molecule has 0 unspecified atom stereocenters. The topological polar surface area (TPSA) is 102 Å². The first-order valence-corrected chi connectivity index (χ1v) is 7.75. The smallest absolute Gasteiger partial charge is 0.338 e. The maximum absolute atomic E-state index is 12.0. The highest BCUT2D eigenvalue weighted by Gasteiger charge is 2.13. The quantitative estimate of drug-likeness (QED) is 0.802. The lowest BCUT2D eigenvalue weighted by Gasteiger charge is -2.09. The summed E-state index contributed by atoms with van der Waals surface area (Å²) in [5, 5.41) is 8.75. The molecule has 1 aromatic carbocycles. The standard InChI is InChI=1S/C17H20N4O4/c1-11(2)19-17(24)20-15(22)10-25-16(23)13-4-6-14(7-5-13)21-12(3)8-9-18-21/h4-9,11H,10H2,1-3H3,(H2,19,20,22,24). The van der Waals surface area contributed by atoms with E-state index in [1.165, 1.54) is 0 Å². The fraction of sp³-hybridized carbons (Fsp3) is 0.294. The molecule has 0 fully saturated rings. The van der Waals surface area contributed by atoms with Gasteiger partial charge in [0.05, 0.1) is 11.3 Å². The number of imide groups is 1. The molecule has 0 saturated heterocycles. The number of amides is 3. The van der Waals surface area contributed by atoms with Gasteiger partial charge in [-0.15, -0.1) is 0 Å². The van der Waals surface area contributed by atoms with Crippen LogP contribution in [0.15, 0.2) is 36.5 Å². The van der Waals surface area contributed by atoms with Gasteiger partial charge in [0, 0.05) is 17.9 Å². The highest BCUT2D eigenvalue weighted by atomic mass is 16.5. The third-order valence-corrected chi connectivity index (χ3v) is 3.19.